The van der Waals surface area contributed by atoms with Crippen molar-refractivity contribution in [3.05, 3.63) is 75.0 Å². The monoisotopic (exact) mass is 484 g/mol. The van der Waals surface area contributed by atoms with Gasteiger partial charge < -0.3 is 4.90 Å². The van der Waals surface area contributed by atoms with Crippen molar-refractivity contribution in [2.24, 2.45) is 0 Å². The van der Waals surface area contributed by atoms with E-state index in [1.54, 1.807) is 0 Å². The molecule has 2 aromatic carbocycles. The second-order valence-electron chi connectivity index (χ2n) is 7.67. The largest absolute Gasteiger partial charge is 0.417 e. The van der Waals surface area contributed by atoms with Crippen LogP contribution in [0.2, 0.25) is 0 Å². The predicted octanol–water partition coefficient (Wildman–Crippen LogP) is 5.78. The molecule has 182 valence electrons. The van der Waals surface area contributed by atoms with Gasteiger partial charge in [-0.3, -0.25) is 9.13 Å². The van der Waals surface area contributed by atoms with Gasteiger partial charge in [0.15, 0.2) is 5.69 Å². The Labute approximate surface area is 191 Å². The smallest absolute Gasteiger partial charge is 0.302 e. The lowest BCUT2D eigenvalue weighted by molar-refractivity contribution is -0.138. The minimum absolute atomic E-state index is 0.0175. The molecule has 0 aliphatic heterocycles. The first kappa shape index (κ1) is 25.4. The third-order valence-electron chi connectivity index (χ3n) is 5.72. The van der Waals surface area contributed by atoms with Gasteiger partial charge in [0.2, 0.25) is 0 Å². The molecule has 0 unspecified atom stereocenters. The van der Waals surface area contributed by atoms with Crippen molar-refractivity contribution in [3.8, 4) is 0 Å². The molecule has 1 heterocycles. The molecule has 3 aromatic rings. The Morgan fingerprint density at radius 2 is 1.56 bits per heavy atom. The van der Waals surface area contributed by atoms with E-state index in [1.807, 2.05) is 18.7 Å². The first-order valence-electron chi connectivity index (χ1n) is 10.5. The fraction of sp³-hybridized carbons (Fsp3) is 0.391. The molecular weight excluding hydrogens is 462 g/mol. The van der Waals surface area contributed by atoms with Crippen LogP contribution in [0.5, 0.6) is 0 Å². The fourth-order valence-corrected chi connectivity index (χ4v) is 3.97. The van der Waals surface area contributed by atoms with Gasteiger partial charge in [-0.2, -0.15) is 26.3 Å². The summed E-state index contributed by atoms with van der Waals surface area (Å²) in [5.41, 5.74) is -4.46. The van der Waals surface area contributed by atoms with Crippen LogP contribution in [0.4, 0.5) is 32.0 Å². The summed E-state index contributed by atoms with van der Waals surface area (Å²) >= 11 is 0. The highest BCUT2D eigenvalue weighted by Gasteiger charge is 2.37. The third kappa shape index (κ3) is 4.97. The van der Waals surface area contributed by atoms with Crippen LogP contribution in [0.15, 0.2) is 41.2 Å². The molecule has 0 fully saturated rings. The van der Waals surface area contributed by atoms with Crippen molar-refractivity contribution < 1.29 is 26.3 Å². The SMILES string of the molecule is [C-]#[N+]c1cc(C(F)(F)F)c2c(c1)n(CCN(CC)CC)c(=O)n2Cc1ccccc1C(F)(F)F. The molecule has 0 bridgehead atoms. The van der Waals surface area contributed by atoms with Crippen molar-refractivity contribution in [1.29, 1.82) is 0 Å². The molecule has 1 aromatic heterocycles. The maximum atomic E-state index is 14.0. The molecule has 0 radical (unpaired) electrons. The lowest BCUT2D eigenvalue weighted by Crippen LogP contribution is -2.32. The second-order valence-corrected chi connectivity index (χ2v) is 7.67. The lowest BCUT2D eigenvalue weighted by Gasteiger charge is -2.18. The van der Waals surface area contributed by atoms with E-state index in [2.05, 4.69) is 4.85 Å². The summed E-state index contributed by atoms with van der Waals surface area (Å²) in [6, 6.07) is 6.25. The van der Waals surface area contributed by atoms with Crippen LogP contribution in [0.25, 0.3) is 15.9 Å². The number of benzene rings is 2. The molecule has 0 aliphatic rings. The van der Waals surface area contributed by atoms with E-state index in [1.165, 1.54) is 18.2 Å². The highest BCUT2D eigenvalue weighted by molar-refractivity contribution is 5.85. The van der Waals surface area contributed by atoms with E-state index in [4.69, 9.17) is 6.57 Å². The Hall–Kier alpha value is -3.26. The summed E-state index contributed by atoms with van der Waals surface area (Å²) < 4.78 is 84.3. The van der Waals surface area contributed by atoms with E-state index in [9.17, 15) is 31.1 Å². The molecule has 11 heteroatoms. The maximum absolute atomic E-state index is 14.0. The highest BCUT2D eigenvalue weighted by Crippen LogP contribution is 2.38. The van der Waals surface area contributed by atoms with Crippen LogP contribution >= 0.6 is 0 Å². The van der Waals surface area contributed by atoms with Gasteiger partial charge in [-0.1, -0.05) is 32.0 Å². The van der Waals surface area contributed by atoms with Crippen LogP contribution in [0.1, 0.15) is 30.5 Å². The molecule has 3 rings (SSSR count). The topological polar surface area (TPSA) is 34.5 Å². The summed E-state index contributed by atoms with van der Waals surface area (Å²) in [4.78, 5) is 18.4. The highest BCUT2D eigenvalue weighted by atomic mass is 19.4. The van der Waals surface area contributed by atoms with Crippen molar-refractivity contribution in [3.63, 3.8) is 0 Å². The molecule has 0 amide bonds. The Bertz CT molecular complexity index is 1280. The molecule has 5 nitrogen and oxygen atoms in total. The minimum atomic E-state index is -4.93. The molecule has 0 aliphatic carbocycles. The van der Waals surface area contributed by atoms with E-state index in [0.29, 0.717) is 25.7 Å². The molecular formula is C23H22F6N4O. The number of aromatic nitrogens is 2. The van der Waals surface area contributed by atoms with Crippen LogP contribution in [0.3, 0.4) is 0 Å². The van der Waals surface area contributed by atoms with Crippen LogP contribution < -0.4 is 5.69 Å². The van der Waals surface area contributed by atoms with E-state index in [0.717, 1.165) is 21.3 Å². The van der Waals surface area contributed by atoms with Crippen LogP contribution in [0, 0.1) is 6.57 Å². The number of hydrogen-bond acceptors (Lipinski definition) is 2. The van der Waals surface area contributed by atoms with Crippen molar-refractivity contribution in [2.45, 2.75) is 39.3 Å². The van der Waals surface area contributed by atoms with Gasteiger partial charge in [0.1, 0.15) is 0 Å². The number of fused-ring (bicyclic) bond motifs is 1. The van der Waals surface area contributed by atoms with Crippen LogP contribution in [-0.4, -0.2) is 33.7 Å². The zero-order valence-electron chi connectivity index (χ0n) is 18.5. The summed E-state index contributed by atoms with van der Waals surface area (Å²) in [6.45, 7) is 11.9. The van der Waals surface area contributed by atoms with Gasteiger partial charge in [0.05, 0.1) is 35.3 Å². The third-order valence-corrected chi connectivity index (χ3v) is 5.72. The van der Waals surface area contributed by atoms with Gasteiger partial charge in [0.25, 0.3) is 0 Å². The average molecular weight is 484 g/mol. The zero-order chi connectivity index (χ0) is 25.3. The molecule has 0 saturated heterocycles. The van der Waals surface area contributed by atoms with Gasteiger partial charge in [-0.05, 0) is 36.9 Å². The Morgan fingerprint density at radius 3 is 2.12 bits per heavy atom. The van der Waals surface area contributed by atoms with Gasteiger partial charge in [0, 0.05) is 13.1 Å². The predicted molar refractivity (Wildman–Crippen MR) is 116 cm³/mol. The number of imidazole rings is 1. The number of nitrogens with zero attached hydrogens (tertiary/aromatic N) is 4. The molecule has 0 atom stereocenters. The minimum Gasteiger partial charge on any atom is -0.302 e. The number of alkyl halides is 6. The second kappa shape index (κ2) is 9.54. The summed E-state index contributed by atoms with van der Waals surface area (Å²) in [5.74, 6) is 0. The Kier molecular flexibility index (Phi) is 7.12. The molecule has 34 heavy (non-hydrogen) atoms. The van der Waals surface area contributed by atoms with Crippen molar-refractivity contribution in [1.82, 2.24) is 14.0 Å². The summed E-state index contributed by atoms with van der Waals surface area (Å²) in [6.07, 6.45) is -9.67. The van der Waals surface area contributed by atoms with Crippen molar-refractivity contribution >= 4 is 16.7 Å². The number of likely N-dealkylation sites (N-methyl/N-ethyl adjacent to an activating group) is 1. The van der Waals surface area contributed by atoms with E-state index in [-0.39, 0.29) is 23.3 Å². The molecule has 0 spiro atoms. The normalized spacial score (nSPS) is 12.5. The number of hydrogen-bond donors (Lipinski definition) is 0. The standard InChI is InChI=1S/C23H22F6N4O/c1-4-31(5-2)10-11-32-19-13-16(30-3)12-18(23(27,28)29)20(19)33(21(32)34)14-15-8-6-7-9-17(15)22(24,25)26/h6-9,12-13H,4-5,10-11,14H2,1-2H3. The summed E-state index contributed by atoms with van der Waals surface area (Å²) in [5, 5.41) is 0. The number of halogens is 6. The zero-order valence-corrected chi connectivity index (χ0v) is 18.5. The number of rotatable bonds is 7. The first-order valence-corrected chi connectivity index (χ1v) is 10.5. The summed E-state index contributed by atoms with van der Waals surface area (Å²) in [7, 11) is 0. The fourth-order valence-electron chi connectivity index (χ4n) is 3.97. The Balaban J connectivity index is 2.31. The van der Waals surface area contributed by atoms with E-state index >= 15 is 0 Å². The lowest BCUT2D eigenvalue weighted by atomic mass is 10.1. The Morgan fingerprint density at radius 1 is 0.941 bits per heavy atom. The quantitative estimate of drug-likeness (QED) is 0.315. The van der Waals surface area contributed by atoms with Gasteiger partial charge in [-0.25, -0.2) is 9.64 Å². The van der Waals surface area contributed by atoms with Crippen LogP contribution in [-0.2, 0) is 25.4 Å². The average Bonchev–Trinajstić information content (AvgIpc) is 3.03. The molecule has 0 saturated carbocycles. The maximum Gasteiger partial charge on any atom is 0.417 e. The van der Waals surface area contributed by atoms with Crippen molar-refractivity contribution in [2.75, 3.05) is 19.6 Å². The van der Waals surface area contributed by atoms with Gasteiger partial charge in [-0.15, -0.1) is 0 Å². The first-order chi connectivity index (χ1) is 15.9. The van der Waals surface area contributed by atoms with E-state index < -0.39 is 41.2 Å². The van der Waals surface area contributed by atoms with Gasteiger partial charge >= 0.3 is 18.0 Å². The molecule has 0 N–H and O–H groups in total.